The van der Waals surface area contributed by atoms with Gasteiger partial charge in [-0.2, -0.15) is 0 Å². The highest BCUT2D eigenvalue weighted by Gasteiger charge is 2.43. The third kappa shape index (κ3) is 3.05. The number of rotatable bonds is 4. The highest BCUT2D eigenvalue weighted by molar-refractivity contribution is 5.88. The van der Waals surface area contributed by atoms with Crippen LogP contribution in [0.15, 0.2) is 30.6 Å². The lowest BCUT2D eigenvalue weighted by atomic mass is 9.82. The number of aromatic amines is 1. The smallest absolute Gasteiger partial charge is 0.143 e. The number of nitrogens with one attached hydrogen (secondary N) is 2. The van der Waals surface area contributed by atoms with Crippen molar-refractivity contribution in [1.82, 2.24) is 19.9 Å². The summed E-state index contributed by atoms with van der Waals surface area (Å²) >= 11 is 0. The number of benzene rings is 1. The van der Waals surface area contributed by atoms with Crippen molar-refractivity contribution in [1.29, 1.82) is 0 Å². The van der Waals surface area contributed by atoms with Crippen LogP contribution in [0.1, 0.15) is 48.0 Å². The Morgan fingerprint density at radius 3 is 2.75 bits per heavy atom. The van der Waals surface area contributed by atoms with Gasteiger partial charge in [0.2, 0.25) is 0 Å². The zero-order valence-electron chi connectivity index (χ0n) is 18.1. The molecular formula is C25H28FN5O. The Hall–Kier alpha value is -2.51. The van der Waals surface area contributed by atoms with E-state index in [1.807, 2.05) is 6.07 Å². The molecule has 3 fully saturated rings. The van der Waals surface area contributed by atoms with Gasteiger partial charge in [0.25, 0.3) is 0 Å². The number of H-pyrrole nitrogens is 1. The van der Waals surface area contributed by atoms with Gasteiger partial charge in [-0.15, -0.1) is 0 Å². The maximum Gasteiger partial charge on any atom is 0.143 e. The minimum Gasteiger partial charge on any atom is -0.381 e. The van der Waals surface area contributed by atoms with Crippen molar-refractivity contribution in [3.63, 3.8) is 0 Å². The van der Waals surface area contributed by atoms with Gasteiger partial charge in [-0.25, -0.2) is 14.4 Å². The van der Waals surface area contributed by atoms with E-state index in [-0.39, 0.29) is 11.9 Å². The molecule has 4 atom stereocenters. The summed E-state index contributed by atoms with van der Waals surface area (Å²) in [5.41, 5.74) is 4.05. The van der Waals surface area contributed by atoms with E-state index in [9.17, 15) is 4.39 Å². The number of hydrogen-bond donors (Lipinski definition) is 2. The molecule has 0 bridgehead atoms. The lowest BCUT2D eigenvalue weighted by Gasteiger charge is -2.40. The van der Waals surface area contributed by atoms with Crippen LogP contribution >= 0.6 is 0 Å². The molecule has 0 spiro atoms. The Morgan fingerprint density at radius 1 is 1.09 bits per heavy atom. The first-order valence-electron chi connectivity index (χ1n) is 11.9. The Labute approximate surface area is 186 Å². The van der Waals surface area contributed by atoms with Gasteiger partial charge in [-0.1, -0.05) is 12.1 Å². The quantitative estimate of drug-likeness (QED) is 0.651. The van der Waals surface area contributed by atoms with Crippen LogP contribution in [0.25, 0.3) is 11.0 Å². The first-order valence-corrected chi connectivity index (χ1v) is 11.9. The Morgan fingerprint density at radius 2 is 1.94 bits per heavy atom. The second kappa shape index (κ2) is 7.25. The van der Waals surface area contributed by atoms with Gasteiger partial charge >= 0.3 is 0 Å². The number of ether oxygens (including phenoxy) is 1. The fourth-order valence-electron chi connectivity index (χ4n) is 6.19. The van der Waals surface area contributed by atoms with E-state index < -0.39 is 0 Å². The number of likely N-dealkylation sites (tertiary alicyclic amines) is 1. The lowest BCUT2D eigenvalue weighted by Crippen LogP contribution is -2.44. The van der Waals surface area contributed by atoms with Gasteiger partial charge in [0.1, 0.15) is 23.6 Å². The highest BCUT2D eigenvalue weighted by Crippen LogP contribution is 2.43. The van der Waals surface area contributed by atoms with Crippen molar-refractivity contribution in [3.8, 4) is 0 Å². The van der Waals surface area contributed by atoms with Crippen LogP contribution in [0.4, 0.5) is 10.2 Å². The molecule has 0 radical (unpaired) electrons. The van der Waals surface area contributed by atoms with Crippen LogP contribution in [0, 0.1) is 17.7 Å². The van der Waals surface area contributed by atoms with E-state index in [2.05, 4.69) is 37.3 Å². The molecule has 166 valence electrons. The van der Waals surface area contributed by atoms with Gasteiger partial charge in [0, 0.05) is 36.7 Å². The molecule has 32 heavy (non-hydrogen) atoms. The topological polar surface area (TPSA) is 66.1 Å². The zero-order chi connectivity index (χ0) is 21.2. The molecule has 3 aromatic rings. The molecule has 2 aromatic heterocycles. The predicted octanol–water partition coefficient (Wildman–Crippen LogP) is 4.02. The van der Waals surface area contributed by atoms with Crippen molar-refractivity contribution in [3.05, 3.63) is 53.2 Å². The molecule has 2 N–H and O–H groups in total. The molecular weight excluding hydrogens is 405 g/mol. The fraction of sp³-hybridized carbons (Fsp3) is 0.520. The summed E-state index contributed by atoms with van der Waals surface area (Å²) < 4.78 is 20.4. The SMILES string of the molecule is Fc1cccc2c1CC[C@H](N1C[C@H]3COC[C@H]3C1)[C@H]2Nc1ncnc2[nH]c(C3CC3)cc12. The van der Waals surface area contributed by atoms with Crippen LogP contribution in [-0.4, -0.2) is 52.2 Å². The molecule has 4 aliphatic rings. The summed E-state index contributed by atoms with van der Waals surface area (Å²) in [6.07, 6.45) is 5.82. The summed E-state index contributed by atoms with van der Waals surface area (Å²) in [5.74, 6) is 2.63. The molecule has 7 rings (SSSR count). The second-order valence-corrected chi connectivity index (χ2v) is 10.0. The molecule has 0 amide bonds. The van der Waals surface area contributed by atoms with Crippen molar-refractivity contribution >= 4 is 16.9 Å². The number of hydrogen-bond acceptors (Lipinski definition) is 5. The van der Waals surface area contributed by atoms with E-state index in [0.29, 0.717) is 23.8 Å². The highest BCUT2D eigenvalue weighted by atomic mass is 19.1. The van der Waals surface area contributed by atoms with Crippen molar-refractivity contribution < 1.29 is 9.13 Å². The number of fused-ring (bicyclic) bond motifs is 3. The molecule has 6 nitrogen and oxygen atoms in total. The van der Waals surface area contributed by atoms with E-state index in [0.717, 1.165) is 67.1 Å². The van der Waals surface area contributed by atoms with Crippen molar-refractivity contribution in [2.75, 3.05) is 31.6 Å². The van der Waals surface area contributed by atoms with E-state index in [1.54, 1.807) is 12.4 Å². The fourth-order valence-corrected chi connectivity index (χ4v) is 6.19. The minimum atomic E-state index is -0.0926. The molecule has 1 saturated carbocycles. The monoisotopic (exact) mass is 433 g/mol. The first-order chi connectivity index (χ1) is 15.7. The lowest BCUT2D eigenvalue weighted by molar-refractivity contribution is 0.127. The average molecular weight is 434 g/mol. The third-order valence-electron chi connectivity index (χ3n) is 8.06. The van der Waals surface area contributed by atoms with Gasteiger partial charge < -0.3 is 15.0 Å². The molecule has 2 aliphatic heterocycles. The predicted molar refractivity (Wildman–Crippen MR) is 120 cm³/mol. The maximum atomic E-state index is 14.7. The van der Waals surface area contributed by atoms with Gasteiger partial charge in [-0.05, 0) is 54.9 Å². The van der Waals surface area contributed by atoms with E-state index in [1.165, 1.54) is 18.5 Å². The summed E-state index contributed by atoms with van der Waals surface area (Å²) in [6.45, 7) is 3.87. The van der Waals surface area contributed by atoms with Crippen LogP contribution in [0.3, 0.4) is 0 Å². The molecule has 4 heterocycles. The van der Waals surface area contributed by atoms with E-state index >= 15 is 0 Å². The van der Waals surface area contributed by atoms with Crippen LogP contribution < -0.4 is 5.32 Å². The van der Waals surface area contributed by atoms with Crippen LogP contribution in [0.5, 0.6) is 0 Å². The number of halogens is 1. The summed E-state index contributed by atoms with van der Waals surface area (Å²) in [7, 11) is 0. The number of aromatic nitrogens is 3. The molecule has 1 aromatic carbocycles. The van der Waals surface area contributed by atoms with Gasteiger partial charge in [-0.3, -0.25) is 4.90 Å². The summed E-state index contributed by atoms with van der Waals surface area (Å²) in [5, 5.41) is 4.79. The largest absolute Gasteiger partial charge is 0.381 e. The number of anilines is 1. The zero-order valence-corrected chi connectivity index (χ0v) is 18.1. The van der Waals surface area contributed by atoms with E-state index in [4.69, 9.17) is 4.74 Å². The standard InChI is InChI=1S/C25H28FN5O/c26-20-3-1-2-18-17(20)6-7-22(31-9-15-11-32-12-16(15)10-31)23(18)30-25-19-8-21(14-4-5-14)29-24(19)27-13-28-25/h1-3,8,13-16,22-23H,4-7,9-12H2,(H2,27,28,29,30)/t15-,16+,22-,23-/m0/s1. The molecule has 0 unspecified atom stereocenters. The summed E-state index contributed by atoms with van der Waals surface area (Å²) in [6, 6.07) is 8.03. The second-order valence-electron chi connectivity index (χ2n) is 10.0. The Bertz CT molecular complexity index is 1160. The third-order valence-corrected chi connectivity index (χ3v) is 8.06. The maximum absolute atomic E-state index is 14.7. The average Bonchev–Trinajstić information content (AvgIpc) is 3.21. The first kappa shape index (κ1) is 19.0. The normalized spacial score (nSPS) is 29.9. The Balaban J connectivity index is 1.27. The molecule has 7 heteroatoms. The number of nitrogens with zero attached hydrogens (tertiary/aromatic N) is 3. The summed E-state index contributed by atoms with van der Waals surface area (Å²) in [4.78, 5) is 15.2. The van der Waals surface area contributed by atoms with Crippen molar-refractivity contribution in [2.45, 2.75) is 43.7 Å². The van der Waals surface area contributed by atoms with Crippen molar-refractivity contribution in [2.24, 2.45) is 11.8 Å². The van der Waals surface area contributed by atoms with Crippen LogP contribution in [-0.2, 0) is 11.2 Å². The minimum absolute atomic E-state index is 0.00781. The van der Waals surface area contributed by atoms with Gasteiger partial charge in [0.15, 0.2) is 0 Å². The Kier molecular flexibility index (Phi) is 4.31. The molecule has 2 aliphatic carbocycles. The van der Waals surface area contributed by atoms with Gasteiger partial charge in [0.05, 0.1) is 24.6 Å². The van der Waals surface area contributed by atoms with Crippen LogP contribution in [0.2, 0.25) is 0 Å². The molecule has 2 saturated heterocycles.